The van der Waals surface area contributed by atoms with Gasteiger partial charge in [0.1, 0.15) is 0 Å². The Morgan fingerprint density at radius 2 is 1.94 bits per heavy atom. The van der Waals surface area contributed by atoms with E-state index in [0.717, 1.165) is 25.1 Å². The van der Waals surface area contributed by atoms with Crippen molar-refractivity contribution < 1.29 is 4.79 Å². The van der Waals surface area contributed by atoms with Crippen molar-refractivity contribution in [1.29, 1.82) is 0 Å². The number of rotatable bonds is 3. The van der Waals surface area contributed by atoms with Crippen LogP contribution in [-0.2, 0) is 6.54 Å². The molecule has 0 radical (unpaired) electrons. The van der Waals surface area contributed by atoms with E-state index in [1.165, 1.54) is 5.69 Å². The first-order chi connectivity index (χ1) is 8.16. The molecule has 0 unspecified atom stereocenters. The molecule has 1 saturated heterocycles. The maximum absolute atomic E-state index is 11.6. The summed E-state index contributed by atoms with van der Waals surface area (Å²) in [6.45, 7) is 2.39. The monoisotopic (exact) mass is 233 g/mol. The molecule has 1 aliphatic heterocycles. The lowest BCUT2D eigenvalue weighted by molar-refractivity contribution is 0.167. The molecule has 0 atom stereocenters. The van der Waals surface area contributed by atoms with Gasteiger partial charge in [0.25, 0.3) is 0 Å². The summed E-state index contributed by atoms with van der Waals surface area (Å²) in [6.07, 6.45) is 1.13. The molecule has 1 fully saturated rings. The maximum atomic E-state index is 11.6. The summed E-state index contributed by atoms with van der Waals surface area (Å²) >= 11 is 0. The van der Waals surface area contributed by atoms with E-state index in [9.17, 15) is 4.79 Å². The van der Waals surface area contributed by atoms with Gasteiger partial charge in [-0.05, 0) is 24.1 Å². The van der Waals surface area contributed by atoms with E-state index in [4.69, 9.17) is 0 Å². The first kappa shape index (κ1) is 11.8. The molecule has 0 saturated carbocycles. The normalized spacial score (nSPS) is 14.1. The van der Waals surface area contributed by atoms with Gasteiger partial charge in [0.05, 0.1) is 0 Å². The van der Waals surface area contributed by atoms with E-state index in [1.54, 1.807) is 0 Å². The quantitative estimate of drug-likeness (QED) is 0.862. The van der Waals surface area contributed by atoms with Crippen LogP contribution in [0.1, 0.15) is 12.0 Å². The minimum atomic E-state index is 0.0490. The van der Waals surface area contributed by atoms with Crippen LogP contribution in [0, 0.1) is 0 Å². The second-order valence-electron chi connectivity index (χ2n) is 4.56. The summed E-state index contributed by atoms with van der Waals surface area (Å²) in [4.78, 5) is 15.5. The lowest BCUT2D eigenvalue weighted by Crippen LogP contribution is -2.47. The van der Waals surface area contributed by atoms with E-state index in [0.29, 0.717) is 6.54 Å². The summed E-state index contributed by atoms with van der Waals surface area (Å²) < 4.78 is 0. The van der Waals surface area contributed by atoms with Crippen LogP contribution in [0.2, 0.25) is 0 Å². The lowest BCUT2D eigenvalue weighted by atomic mass is 10.2. The van der Waals surface area contributed by atoms with Crippen molar-refractivity contribution in [2.24, 2.45) is 0 Å². The Hall–Kier alpha value is -1.71. The predicted molar refractivity (Wildman–Crippen MR) is 69.2 cm³/mol. The molecule has 1 heterocycles. The minimum absolute atomic E-state index is 0.0490. The molecule has 0 bridgehead atoms. The molecule has 2 amide bonds. The molecule has 1 aromatic rings. The van der Waals surface area contributed by atoms with Crippen LogP contribution in [0.15, 0.2) is 24.3 Å². The number of hydrogen-bond acceptors (Lipinski definition) is 2. The van der Waals surface area contributed by atoms with E-state index in [1.807, 2.05) is 31.1 Å². The third-order valence-corrected chi connectivity index (χ3v) is 3.04. The van der Waals surface area contributed by atoms with Crippen LogP contribution in [0.3, 0.4) is 0 Å². The second-order valence-corrected chi connectivity index (χ2v) is 4.56. The van der Waals surface area contributed by atoms with Gasteiger partial charge in [-0.2, -0.15) is 0 Å². The van der Waals surface area contributed by atoms with Crippen LogP contribution < -0.4 is 10.2 Å². The van der Waals surface area contributed by atoms with Crippen molar-refractivity contribution in [3.05, 3.63) is 29.8 Å². The zero-order valence-corrected chi connectivity index (χ0v) is 10.4. The Bertz CT molecular complexity index is 382. The lowest BCUT2D eigenvalue weighted by Gasteiger charge is -2.30. The number of benzene rings is 1. The number of carbonyl (C=O) groups excluding carboxylic acids is 1. The molecule has 1 aromatic carbocycles. The highest BCUT2D eigenvalue weighted by molar-refractivity contribution is 5.74. The fourth-order valence-corrected chi connectivity index (χ4v) is 1.72. The van der Waals surface area contributed by atoms with Crippen LogP contribution in [0.25, 0.3) is 0 Å². The SMILES string of the molecule is CN(C)c1ccc(CNC(=O)N2CCC2)cc1. The number of anilines is 1. The summed E-state index contributed by atoms with van der Waals surface area (Å²) in [5.41, 5.74) is 2.30. The molecule has 0 spiro atoms. The van der Waals surface area contributed by atoms with E-state index >= 15 is 0 Å². The average molecular weight is 233 g/mol. The van der Waals surface area contributed by atoms with Gasteiger partial charge in [-0.15, -0.1) is 0 Å². The van der Waals surface area contributed by atoms with Crippen molar-refractivity contribution in [2.45, 2.75) is 13.0 Å². The Morgan fingerprint density at radius 3 is 2.41 bits per heavy atom. The molecule has 1 aliphatic rings. The largest absolute Gasteiger partial charge is 0.378 e. The molecule has 0 aromatic heterocycles. The smallest absolute Gasteiger partial charge is 0.317 e. The molecule has 0 aliphatic carbocycles. The van der Waals surface area contributed by atoms with Crippen LogP contribution in [0.4, 0.5) is 10.5 Å². The summed E-state index contributed by atoms with van der Waals surface area (Å²) in [5.74, 6) is 0. The van der Waals surface area contributed by atoms with E-state index < -0.39 is 0 Å². The topological polar surface area (TPSA) is 35.6 Å². The first-order valence-electron chi connectivity index (χ1n) is 5.96. The zero-order valence-electron chi connectivity index (χ0n) is 10.4. The van der Waals surface area contributed by atoms with Gasteiger partial charge in [-0.1, -0.05) is 12.1 Å². The Morgan fingerprint density at radius 1 is 1.29 bits per heavy atom. The first-order valence-corrected chi connectivity index (χ1v) is 5.96. The zero-order chi connectivity index (χ0) is 12.3. The highest BCUT2D eigenvalue weighted by Crippen LogP contribution is 2.12. The molecule has 92 valence electrons. The third kappa shape index (κ3) is 2.90. The van der Waals surface area contributed by atoms with Crippen LogP contribution in [-0.4, -0.2) is 38.1 Å². The Kier molecular flexibility index (Phi) is 3.52. The molecule has 1 N–H and O–H groups in total. The number of carbonyl (C=O) groups is 1. The average Bonchev–Trinajstić information content (AvgIpc) is 2.24. The van der Waals surface area contributed by atoms with Gasteiger partial charge in [0, 0.05) is 39.4 Å². The highest BCUT2D eigenvalue weighted by atomic mass is 16.2. The molecule has 4 nitrogen and oxygen atoms in total. The van der Waals surface area contributed by atoms with Crippen molar-refractivity contribution in [1.82, 2.24) is 10.2 Å². The molecular formula is C13H19N3O. The van der Waals surface area contributed by atoms with Crippen molar-refractivity contribution >= 4 is 11.7 Å². The summed E-state index contributed by atoms with van der Waals surface area (Å²) in [7, 11) is 4.03. The number of urea groups is 1. The summed E-state index contributed by atoms with van der Waals surface area (Å²) in [5, 5.41) is 2.92. The van der Waals surface area contributed by atoms with E-state index in [-0.39, 0.29) is 6.03 Å². The van der Waals surface area contributed by atoms with Crippen molar-refractivity contribution in [3.63, 3.8) is 0 Å². The van der Waals surface area contributed by atoms with Gasteiger partial charge < -0.3 is 15.1 Å². The fourth-order valence-electron chi connectivity index (χ4n) is 1.72. The minimum Gasteiger partial charge on any atom is -0.378 e. The highest BCUT2D eigenvalue weighted by Gasteiger charge is 2.19. The molecule has 4 heteroatoms. The van der Waals surface area contributed by atoms with Crippen molar-refractivity contribution in [2.75, 3.05) is 32.1 Å². The van der Waals surface area contributed by atoms with Gasteiger partial charge in [0.15, 0.2) is 0 Å². The molecule has 17 heavy (non-hydrogen) atoms. The standard InChI is InChI=1S/C13H19N3O/c1-15(2)12-6-4-11(5-7-12)10-14-13(17)16-8-3-9-16/h4-7H,3,8-10H2,1-2H3,(H,14,17). The Balaban J connectivity index is 1.84. The number of amides is 2. The predicted octanol–water partition coefficient (Wildman–Crippen LogP) is 1.67. The van der Waals surface area contributed by atoms with Gasteiger partial charge in [-0.3, -0.25) is 0 Å². The molecular weight excluding hydrogens is 214 g/mol. The second kappa shape index (κ2) is 5.08. The number of likely N-dealkylation sites (tertiary alicyclic amines) is 1. The van der Waals surface area contributed by atoms with Crippen molar-refractivity contribution in [3.8, 4) is 0 Å². The number of nitrogens with zero attached hydrogens (tertiary/aromatic N) is 2. The number of hydrogen-bond donors (Lipinski definition) is 1. The maximum Gasteiger partial charge on any atom is 0.317 e. The molecule has 2 rings (SSSR count). The van der Waals surface area contributed by atoms with Gasteiger partial charge >= 0.3 is 6.03 Å². The third-order valence-electron chi connectivity index (χ3n) is 3.04. The number of nitrogens with one attached hydrogen (secondary N) is 1. The summed E-state index contributed by atoms with van der Waals surface area (Å²) in [6, 6.07) is 8.26. The van der Waals surface area contributed by atoms with Gasteiger partial charge in [0.2, 0.25) is 0 Å². The van der Waals surface area contributed by atoms with E-state index in [2.05, 4.69) is 22.3 Å². The van der Waals surface area contributed by atoms with Gasteiger partial charge in [-0.25, -0.2) is 4.79 Å². The fraction of sp³-hybridized carbons (Fsp3) is 0.462. The Labute approximate surface area is 102 Å². The van der Waals surface area contributed by atoms with Crippen LogP contribution in [0.5, 0.6) is 0 Å². The van der Waals surface area contributed by atoms with Crippen LogP contribution >= 0.6 is 0 Å².